The Kier molecular flexibility index (Phi) is 3.27. The summed E-state index contributed by atoms with van der Waals surface area (Å²) in [6.07, 6.45) is 0. The van der Waals surface area contributed by atoms with Crippen LogP contribution in [-0.2, 0) is 5.41 Å². The van der Waals surface area contributed by atoms with E-state index >= 15 is 0 Å². The average Bonchev–Trinajstić information content (AvgIpc) is 3.48. The van der Waals surface area contributed by atoms with Gasteiger partial charge in [-0.05, 0) is 51.1 Å². The molecule has 0 fully saturated rings. The van der Waals surface area contributed by atoms with Crippen LogP contribution in [0, 0.1) is 0 Å². The smallest absolute Gasteiger partial charge is 0.143 e. The summed E-state index contributed by atoms with van der Waals surface area (Å²) >= 11 is 3.95. The van der Waals surface area contributed by atoms with Gasteiger partial charge in [-0.3, -0.25) is 0 Å². The van der Waals surface area contributed by atoms with Gasteiger partial charge in [-0.2, -0.15) is 0 Å². The van der Waals surface area contributed by atoms with E-state index in [-0.39, 0.29) is 5.41 Å². The molecule has 0 radical (unpaired) electrons. The molecule has 0 N–H and O–H groups in total. The molecule has 2 aliphatic rings. The van der Waals surface area contributed by atoms with E-state index in [4.69, 9.17) is 4.42 Å². The van der Waals surface area contributed by atoms with Gasteiger partial charge in [-0.15, -0.1) is 0 Å². The Morgan fingerprint density at radius 1 is 0.545 bits per heavy atom. The highest BCUT2D eigenvalue weighted by Crippen LogP contribution is 2.65. The molecule has 1 heterocycles. The van der Waals surface area contributed by atoms with Crippen molar-refractivity contribution < 1.29 is 4.42 Å². The molecule has 1 unspecified atom stereocenters. The van der Waals surface area contributed by atoms with Crippen molar-refractivity contribution in [1.29, 1.82) is 0 Å². The zero-order valence-electron chi connectivity index (χ0n) is 17.6. The van der Waals surface area contributed by atoms with Crippen LogP contribution < -0.4 is 0 Å². The zero-order valence-corrected chi connectivity index (χ0v) is 19.2. The van der Waals surface area contributed by atoms with Gasteiger partial charge in [-0.25, -0.2) is 0 Å². The number of hydrogen-bond acceptors (Lipinski definition) is 1. The molecule has 1 aromatic heterocycles. The third-order valence-electron chi connectivity index (χ3n) is 7.56. The third kappa shape index (κ3) is 1.96. The second kappa shape index (κ2) is 6.03. The minimum Gasteiger partial charge on any atom is -0.455 e. The normalized spacial score (nSPS) is 17.4. The molecule has 0 saturated heterocycles. The van der Waals surface area contributed by atoms with E-state index < -0.39 is 0 Å². The molecule has 154 valence electrons. The van der Waals surface area contributed by atoms with Crippen LogP contribution in [-0.4, -0.2) is 0 Å². The molecule has 33 heavy (non-hydrogen) atoms. The Balaban J connectivity index is 1.64. The van der Waals surface area contributed by atoms with Crippen molar-refractivity contribution in [3.05, 3.63) is 130 Å². The maximum Gasteiger partial charge on any atom is 0.143 e. The summed E-state index contributed by atoms with van der Waals surface area (Å²) < 4.78 is 7.69. The van der Waals surface area contributed by atoms with Crippen LogP contribution in [0.2, 0.25) is 0 Å². The van der Waals surface area contributed by atoms with Crippen LogP contribution >= 0.6 is 15.9 Å². The second-order valence-corrected chi connectivity index (χ2v) is 9.82. The molecule has 1 nitrogen and oxygen atoms in total. The van der Waals surface area contributed by atoms with Crippen LogP contribution in [0.25, 0.3) is 44.2 Å². The van der Waals surface area contributed by atoms with Crippen LogP contribution in [0.5, 0.6) is 0 Å². The number of fused-ring (bicyclic) bond motifs is 14. The van der Waals surface area contributed by atoms with Gasteiger partial charge >= 0.3 is 0 Å². The standard InChI is InChI=1S/C31H17BrO/c32-26-14-7-11-20-18-8-1-4-12-23(18)31(29(20)26)24-13-5-2-10-22(24)28-25(31)17-16-21-19-9-3-6-15-27(19)33-30(21)28/h1-17H. The monoisotopic (exact) mass is 484 g/mol. The summed E-state index contributed by atoms with van der Waals surface area (Å²) in [6.45, 7) is 0. The van der Waals surface area contributed by atoms with E-state index in [0.29, 0.717) is 0 Å². The van der Waals surface area contributed by atoms with Crippen LogP contribution in [0.1, 0.15) is 22.3 Å². The highest BCUT2D eigenvalue weighted by molar-refractivity contribution is 9.10. The molecule has 0 saturated carbocycles. The van der Waals surface area contributed by atoms with Crippen LogP contribution in [0.3, 0.4) is 0 Å². The van der Waals surface area contributed by atoms with E-state index in [9.17, 15) is 0 Å². The Labute approximate surface area is 199 Å². The Bertz CT molecular complexity index is 1790. The van der Waals surface area contributed by atoms with Gasteiger partial charge in [0.1, 0.15) is 11.2 Å². The number of para-hydroxylation sites is 1. The summed E-state index contributed by atoms with van der Waals surface area (Å²) in [4.78, 5) is 0. The van der Waals surface area contributed by atoms with E-state index in [1.165, 1.54) is 55.3 Å². The van der Waals surface area contributed by atoms with Gasteiger partial charge in [0.2, 0.25) is 0 Å². The van der Waals surface area contributed by atoms with Crippen molar-refractivity contribution in [2.24, 2.45) is 0 Å². The molecule has 8 rings (SSSR count). The quantitative estimate of drug-likeness (QED) is 0.209. The number of hydrogen-bond donors (Lipinski definition) is 0. The largest absolute Gasteiger partial charge is 0.455 e. The van der Waals surface area contributed by atoms with E-state index in [2.05, 4.69) is 113 Å². The molecule has 6 aromatic rings. The number of halogens is 1. The third-order valence-corrected chi connectivity index (χ3v) is 8.22. The first-order valence-corrected chi connectivity index (χ1v) is 12.0. The molecular formula is C31H17BrO. The first-order valence-electron chi connectivity index (χ1n) is 11.2. The summed E-state index contributed by atoms with van der Waals surface area (Å²) in [5.41, 5.74) is 11.9. The maximum absolute atomic E-state index is 6.55. The van der Waals surface area contributed by atoms with Gasteiger partial charge in [0.05, 0.1) is 5.41 Å². The summed E-state index contributed by atoms with van der Waals surface area (Å²) in [5, 5.41) is 2.34. The fourth-order valence-electron chi connectivity index (χ4n) is 6.41. The van der Waals surface area contributed by atoms with E-state index in [1.54, 1.807) is 0 Å². The van der Waals surface area contributed by atoms with Crippen molar-refractivity contribution in [2.45, 2.75) is 5.41 Å². The number of benzene rings is 5. The van der Waals surface area contributed by atoms with Gasteiger partial charge in [-0.1, -0.05) is 107 Å². The fourth-order valence-corrected chi connectivity index (χ4v) is 7.07. The summed E-state index contributed by atoms with van der Waals surface area (Å²) in [6, 6.07) is 37.3. The van der Waals surface area contributed by atoms with Crippen molar-refractivity contribution in [2.75, 3.05) is 0 Å². The Morgan fingerprint density at radius 2 is 1.24 bits per heavy atom. The number of rotatable bonds is 0. The van der Waals surface area contributed by atoms with E-state index in [1.807, 2.05) is 6.07 Å². The van der Waals surface area contributed by atoms with Gasteiger partial charge < -0.3 is 4.42 Å². The predicted octanol–water partition coefficient (Wildman–Crippen LogP) is 8.69. The molecule has 0 aliphatic heterocycles. The topological polar surface area (TPSA) is 13.1 Å². The Hall–Kier alpha value is -3.62. The number of furan rings is 1. The highest BCUT2D eigenvalue weighted by Gasteiger charge is 2.53. The zero-order chi connectivity index (χ0) is 21.7. The SMILES string of the molecule is Brc1cccc2c1C1(c3ccccc3-2)c2ccccc2-c2c1ccc1c2oc2ccccc21. The Morgan fingerprint density at radius 3 is 2.12 bits per heavy atom. The molecular weight excluding hydrogens is 468 g/mol. The van der Waals surface area contributed by atoms with Crippen molar-refractivity contribution in [3.63, 3.8) is 0 Å². The van der Waals surface area contributed by atoms with Gasteiger partial charge in [0.15, 0.2) is 0 Å². The van der Waals surface area contributed by atoms with Crippen molar-refractivity contribution in [3.8, 4) is 22.3 Å². The minimum absolute atomic E-state index is 0.370. The van der Waals surface area contributed by atoms with Crippen molar-refractivity contribution >= 4 is 37.9 Å². The van der Waals surface area contributed by atoms with Crippen molar-refractivity contribution in [1.82, 2.24) is 0 Å². The van der Waals surface area contributed by atoms with Gasteiger partial charge in [0.25, 0.3) is 0 Å². The average molecular weight is 485 g/mol. The fraction of sp³-hybridized carbons (Fsp3) is 0.0323. The lowest BCUT2D eigenvalue weighted by Crippen LogP contribution is -2.26. The lowest BCUT2D eigenvalue weighted by atomic mass is 9.70. The van der Waals surface area contributed by atoms with Gasteiger partial charge in [0, 0.05) is 20.8 Å². The molecule has 1 spiro atoms. The maximum atomic E-state index is 6.55. The molecule has 5 aromatic carbocycles. The first-order chi connectivity index (χ1) is 16.3. The lowest BCUT2D eigenvalue weighted by Gasteiger charge is -2.31. The predicted molar refractivity (Wildman–Crippen MR) is 138 cm³/mol. The first kappa shape index (κ1) is 17.9. The molecule has 2 aliphatic carbocycles. The van der Waals surface area contributed by atoms with Crippen LogP contribution in [0.4, 0.5) is 0 Å². The molecule has 0 amide bonds. The lowest BCUT2D eigenvalue weighted by molar-refractivity contribution is 0.669. The molecule has 2 heteroatoms. The summed E-state index contributed by atoms with van der Waals surface area (Å²) in [7, 11) is 0. The van der Waals surface area contributed by atoms with E-state index in [0.717, 1.165) is 15.6 Å². The minimum atomic E-state index is -0.370. The highest BCUT2D eigenvalue weighted by atomic mass is 79.9. The molecule has 1 atom stereocenters. The summed E-state index contributed by atoms with van der Waals surface area (Å²) in [5.74, 6) is 0. The second-order valence-electron chi connectivity index (χ2n) is 8.97. The van der Waals surface area contributed by atoms with Crippen LogP contribution in [0.15, 0.2) is 112 Å². The molecule has 0 bridgehead atoms.